The number of nitrogens with one attached hydrogen (secondary N) is 1. The van der Waals surface area contributed by atoms with Crippen molar-refractivity contribution in [1.29, 1.82) is 0 Å². The third-order valence-electron chi connectivity index (χ3n) is 2.31. The number of nitro groups is 1. The van der Waals surface area contributed by atoms with Gasteiger partial charge in [-0.05, 0) is 28.4 Å². The maximum atomic E-state index is 13.2. The minimum absolute atomic E-state index is 0.0987. The summed E-state index contributed by atoms with van der Waals surface area (Å²) in [5.41, 5.74) is 5.66. The highest BCUT2D eigenvalue weighted by molar-refractivity contribution is 9.10. The quantitative estimate of drug-likeness (QED) is 0.647. The Labute approximate surface area is 106 Å². The van der Waals surface area contributed by atoms with E-state index in [1.807, 2.05) is 6.92 Å². The summed E-state index contributed by atoms with van der Waals surface area (Å²) in [5.74, 6) is -0.665. The number of anilines is 1. The predicted octanol–water partition coefficient (Wildman–Crippen LogP) is 2.65. The molecule has 0 bridgehead atoms. The molecule has 0 aliphatic carbocycles. The van der Waals surface area contributed by atoms with Gasteiger partial charge in [-0.25, -0.2) is 4.39 Å². The van der Waals surface area contributed by atoms with Gasteiger partial charge in [-0.3, -0.25) is 10.1 Å². The van der Waals surface area contributed by atoms with Crippen molar-refractivity contribution >= 4 is 27.3 Å². The van der Waals surface area contributed by atoms with Gasteiger partial charge >= 0.3 is 0 Å². The van der Waals surface area contributed by atoms with Crippen molar-refractivity contribution in [3.8, 4) is 0 Å². The van der Waals surface area contributed by atoms with E-state index in [0.717, 1.165) is 12.5 Å². The number of benzene rings is 1. The summed E-state index contributed by atoms with van der Waals surface area (Å²) >= 11 is 2.98. The van der Waals surface area contributed by atoms with E-state index in [1.54, 1.807) is 0 Å². The molecule has 1 aromatic rings. The van der Waals surface area contributed by atoms with Gasteiger partial charge in [0.1, 0.15) is 11.5 Å². The molecule has 0 fully saturated rings. The standard InChI is InChI=1S/C10H13BrFN3O2/c1-2-6(13)5-14-9-3-7(11)8(12)4-10(9)15(16)17/h3-4,6,14H,2,5,13H2,1H3. The van der Waals surface area contributed by atoms with Gasteiger partial charge in [0.05, 0.1) is 15.5 Å². The Hall–Kier alpha value is -1.21. The second-order valence-corrected chi connectivity index (χ2v) is 4.44. The van der Waals surface area contributed by atoms with Crippen molar-refractivity contribution in [3.05, 3.63) is 32.5 Å². The smallest absolute Gasteiger partial charge is 0.295 e. The molecule has 5 nitrogen and oxygen atoms in total. The van der Waals surface area contributed by atoms with E-state index >= 15 is 0 Å². The molecule has 7 heteroatoms. The third kappa shape index (κ3) is 3.64. The van der Waals surface area contributed by atoms with Crippen LogP contribution in [0.1, 0.15) is 13.3 Å². The minimum Gasteiger partial charge on any atom is -0.378 e. The van der Waals surface area contributed by atoms with Gasteiger partial charge in [0.25, 0.3) is 5.69 Å². The van der Waals surface area contributed by atoms with Crippen LogP contribution in [0.2, 0.25) is 0 Å². The molecule has 1 rings (SSSR count). The van der Waals surface area contributed by atoms with E-state index in [4.69, 9.17) is 5.73 Å². The molecule has 3 N–H and O–H groups in total. The molecule has 0 heterocycles. The zero-order valence-corrected chi connectivity index (χ0v) is 10.8. The molecular weight excluding hydrogens is 293 g/mol. The van der Waals surface area contributed by atoms with Gasteiger partial charge in [0.15, 0.2) is 0 Å². The molecule has 0 amide bonds. The van der Waals surface area contributed by atoms with E-state index in [1.165, 1.54) is 6.07 Å². The molecule has 0 radical (unpaired) electrons. The van der Waals surface area contributed by atoms with Gasteiger partial charge < -0.3 is 11.1 Å². The van der Waals surface area contributed by atoms with Crippen molar-refractivity contribution in [2.75, 3.05) is 11.9 Å². The summed E-state index contributed by atoms with van der Waals surface area (Å²) in [6.45, 7) is 2.32. The highest BCUT2D eigenvalue weighted by Gasteiger charge is 2.17. The number of hydrogen-bond acceptors (Lipinski definition) is 4. The zero-order chi connectivity index (χ0) is 13.0. The Morgan fingerprint density at radius 1 is 1.65 bits per heavy atom. The average Bonchev–Trinajstić information content (AvgIpc) is 2.29. The monoisotopic (exact) mass is 305 g/mol. The molecule has 0 aromatic heterocycles. The van der Waals surface area contributed by atoms with Crippen molar-refractivity contribution in [1.82, 2.24) is 0 Å². The molecule has 0 saturated carbocycles. The Morgan fingerprint density at radius 3 is 2.82 bits per heavy atom. The second-order valence-electron chi connectivity index (χ2n) is 3.59. The van der Waals surface area contributed by atoms with Crippen molar-refractivity contribution in [2.45, 2.75) is 19.4 Å². The van der Waals surface area contributed by atoms with Crippen LogP contribution in [0.3, 0.4) is 0 Å². The highest BCUT2D eigenvalue weighted by Crippen LogP contribution is 2.30. The van der Waals surface area contributed by atoms with E-state index in [9.17, 15) is 14.5 Å². The molecule has 1 atom stereocenters. The van der Waals surface area contributed by atoms with Crippen molar-refractivity contribution < 1.29 is 9.31 Å². The zero-order valence-electron chi connectivity index (χ0n) is 9.24. The lowest BCUT2D eigenvalue weighted by molar-refractivity contribution is -0.384. The van der Waals surface area contributed by atoms with Crippen LogP contribution in [-0.2, 0) is 0 Å². The average molecular weight is 306 g/mol. The molecular formula is C10H13BrFN3O2. The third-order valence-corrected chi connectivity index (χ3v) is 2.92. The summed E-state index contributed by atoms with van der Waals surface area (Å²) in [6.07, 6.45) is 0.753. The Balaban J connectivity index is 2.96. The minimum atomic E-state index is -0.665. The Kier molecular flexibility index (Phi) is 4.83. The van der Waals surface area contributed by atoms with E-state index < -0.39 is 10.7 Å². The molecule has 1 unspecified atom stereocenters. The fraction of sp³-hybridized carbons (Fsp3) is 0.400. The lowest BCUT2D eigenvalue weighted by Crippen LogP contribution is -2.28. The molecule has 94 valence electrons. The number of rotatable bonds is 5. The van der Waals surface area contributed by atoms with Crippen LogP contribution in [0, 0.1) is 15.9 Å². The fourth-order valence-electron chi connectivity index (χ4n) is 1.21. The first kappa shape index (κ1) is 13.9. The SMILES string of the molecule is CCC(N)CNc1cc(Br)c(F)cc1[N+](=O)[O-]. The molecule has 0 saturated heterocycles. The first-order valence-corrected chi connectivity index (χ1v) is 5.87. The molecule has 17 heavy (non-hydrogen) atoms. The van der Waals surface area contributed by atoms with Gasteiger partial charge in [-0.15, -0.1) is 0 Å². The van der Waals surface area contributed by atoms with Gasteiger partial charge in [0, 0.05) is 12.6 Å². The van der Waals surface area contributed by atoms with Gasteiger partial charge in [-0.2, -0.15) is 0 Å². The fourth-order valence-corrected chi connectivity index (χ4v) is 1.56. The summed E-state index contributed by atoms with van der Waals surface area (Å²) in [5, 5.41) is 13.6. The first-order chi connectivity index (χ1) is 7.95. The molecule has 0 spiro atoms. The normalized spacial score (nSPS) is 12.2. The number of nitrogens with two attached hydrogens (primary N) is 1. The Morgan fingerprint density at radius 2 is 2.29 bits per heavy atom. The maximum absolute atomic E-state index is 13.2. The topological polar surface area (TPSA) is 81.2 Å². The lowest BCUT2D eigenvalue weighted by atomic mass is 10.2. The van der Waals surface area contributed by atoms with E-state index in [2.05, 4.69) is 21.2 Å². The molecule has 0 aliphatic rings. The molecule has 1 aromatic carbocycles. The van der Waals surface area contributed by atoms with Gasteiger partial charge in [0.2, 0.25) is 0 Å². The van der Waals surface area contributed by atoms with E-state index in [0.29, 0.717) is 6.54 Å². The van der Waals surface area contributed by atoms with Crippen LogP contribution in [0.5, 0.6) is 0 Å². The van der Waals surface area contributed by atoms with Crippen molar-refractivity contribution in [2.24, 2.45) is 5.73 Å². The number of hydrogen-bond donors (Lipinski definition) is 2. The number of nitrogens with zero attached hydrogens (tertiary/aromatic N) is 1. The van der Waals surface area contributed by atoms with Crippen LogP contribution >= 0.6 is 15.9 Å². The van der Waals surface area contributed by atoms with Crippen LogP contribution in [-0.4, -0.2) is 17.5 Å². The number of halogens is 2. The highest BCUT2D eigenvalue weighted by atomic mass is 79.9. The van der Waals surface area contributed by atoms with Crippen molar-refractivity contribution in [3.63, 3.8) is 0 Å². The lowest BCUT2D eigenvalue weighted by Gasteiger charge is -2.12. The predicted molar refractivity (Wildman–Crippen MR) is 67.5 cm³/mol. The second kappa shape index (κ2) is 5.92. The maximum Gasteiger partial charge on any atom is 0.295 e. The summed E-state index contributed by atoms with van der Waals surface area (Å²) in [6, 6.07) is 2.12. The van der Waals surface area contributed by atoms with Crippen LogP contribution in [0.25, 0.3) is 0 Å². The van der Waals surface area contributed by atoms with E-state index in [-0.39, 0.29) is 21.9 Å². The van der Waals surface area contributed by atoms with Crippen LogP contribution < -0.4 is 11.1 Å². The van der Waals surface area contributed by atoms with Crippen LogP contribution in [0.4, 0.5) is 15.8 Å². The largest absolute Gasteiger partial charge is 0.378 e. The Bertz CT molecular complexity index is 428. The number of nitro benzene ring substituents is 1. The summed E-state index contributed by atoms with van der Waals surface area (Å²) in [7, 11) is 0. The summed E-state index contributed by atoms with van der Waals surface area (Å²) in [4.78, 5) is 10.1. The van der Waals surface area contributed by atoms with Crippen LogP contribution in [0.15, 0.2) is 16.6 Å². The first-order valence-electron chi connectivity index (χ1n) is 5.08. The summed E-state index contributed by atoms with van der Waals surface area (Å²) < 4.78 is 13.4. The van der Waals surface area contributed by atoms with Gasteiger partial charge in [-0.1, -0.05) is 6.92 Å². The molecule has 0 aliphatic heterocycles.